The number of rotatable bonds is 15. The number of carbonyl (C=O) groups excluding carboxylic acids is 4. The molecule has 0 spiro atoms. The van der Waals surface area contributed by atoms with E-state index < -0.39 is 23.9 Å². The maximum atomic E-state index is 12.2. The lowest BCUT2D eigenvalue weighted by atomic mass is 10.1. The average Bonchev–Trinajstić information content (AvgIpc) is 3.04. The van der Waals surface area contributed by atoms with Gasteiger partial charge >= 0.3 is 23.9 Å². The molecule has 0 aliphatic carbocycles. The van der Waals surface area contributed by atoms with E-state index in [2.05, 4.69) is 0 Å². The Bertz CT molecular complexity index is 1240. The molecule has 0 saturated heterocycles. The molecule has 0 radical (unpaired) electrons. The number of benzene rings is 3. The van der Waals surface area contributed by atoms with Crippen LogP contribution in [0.4, 0.5) is 0 Å². The number of hydrogen-bond acceptors (Lipinski definition) is 8. The Kier molecular flexibility index (Phi) is 16.5. The van der Waals surface area contributed by atoms with Crippen molar-refractivity contribution in [3.63, 3.8) is 0 Å². The summed E-state index contributed by atoms with van der Waals surface area (Å²) in [6.45, 7) is 7.31. The van der Waals surface area contributed by atoms with Gasteiger partial charge in [-0.25, -0.2) is 19.2 Å². The van der Waals surface area contributed by atoms with Crippen LogP contribution in [0.5, 0.6) is 0 Å². The minimum Gasteiger partial charge on any atom is -0.462 e. The van der Waals surface area contributed by atoms with E-state index in [1.807, 2.05) is 51.1 Å². The minimum atomic E-state index is -0.531. The van der Waals surface area contributed by atoms with Crippen LogP contribution in [0.1, 0.15) is 106 Å². The van der Waals surface area contributed by atoms with E-state index in [0.29, 0.717) is 19.8 Å². The third-order valence-corrected chi connectivity index (χ3v) is 6.14. The molecule has 8 heteroatoms. The fourth-order valence-electron chi connectivity index (χ4n) is 3.64. The monoisotopic (exact) mass is 590 g/mol. The number of unbranched alkanes of at least 4 members (excludes halogenated alkanes) is 3. The van der Waals surface area contributed by atoms with Gasteiger partial charge in [0.2, 0.25) is 0 Å². The highest BCUT2D eigenvalue weighted by Crippen LogP contribution is 2.15. The molecule has 0 unspecified atom stereocenters. The summed E-state index contributed by atoms with van der Waals surface area (Å²) in [5.74, 6) is -1.97. The van der Waals surface area contributed by atoms with Crippen molar-refractivity contribution >= 4 is 23.9 Å². The lowest BCUT2D eigenvalue weighted by Crippen LogP contribution is -2.14. The van der Waals surface area contributed by atoms with Gasteiger partial charge in [0.05, 0.1) is 42.1 Å². The van der Waals surface area contributed by atoms with Crippen LogP contribution in [-0.4, -0.2) is 43.7 Å². The van der Waals surface area contributed by atoms with Crippen molar-refractivity contribution in [3.05, 3.63) is 107 Å². The fourth-order valence-corrected chi connectivity index (χ4v) is 3.64. The molecule has 0 aliphatic heterocycles. The van der Waals surface area contributed by atoms with Crippen molar-refractivity contribution in [2.45, 2.75) is 65.9 Å². The molecule has 0 heterocycles. The van der Waals surface area contributed by atoms with Gasteiger partial charge in [0.25, 0.3) is 0 Å². The first-order valence-corrected chi connectivity index (χ1v) is 14.8. The van der Waals surface area contributed by atoms with Crippen LogP contribution in [0, 0.1) is 0 Å². The highest BCUT2D eigenvalue weighted by molar-refractivity contribution is 6.03. The van der Waals surface area contributed by atoms with Crippen LogP contribution in [-0.2, 0) is 25.6 Å². The van der Waals surface area contributed by atoms with Gasteiger partial charge in [-0.2, -0.15) is 0 Å². The summed E-state index contributed by atoms with van der Waals surface area (Å²) >= 11 is 0. The molecule has 0 saturated carbocycles. The zero-order valence-corrected chi connectivity index (χ0v) is 25.3. The fraction of sp³-hybridized carbons (Fsp3) is 0.371. The molecule has 0 atom stereocenters. The first-order chi connectivity index (χ1) is 20.9. The van der Waals surface area contributed by atoms with Crippen molar-refractivity contribution in [2.24, 2.45) is 0 Å². The molecule has 0 fully saturated rings. The summed E-state index contributed by atoms with van der Waals surface area (Å²) in [6.07, 6.45) is 5.27. The minimum absolute atomic E-state index is 0.166. The van der Waals surface area contributed by atoms with Gasteiger partial charge in [0, 0.05) is 0 Å². The van der Waals surface area contributed by atoms with E-state index in [-0.39, 0.29) is 28.9 Å². The standard InChI is InChI=1S/C19H20O4.C16H22O4/c1-2-3-13-22-18(20)16-11-7-8-12-17(16)19(21)23-14-15-9-5-4-6-10-15;1-3-5-11-19-15(17)13-9-7-8-10-14(13)16(18)20-12-6-4-2/h4-12H,2-3,13-14H2,1H3;7-10H,3-6,11-12H2,1-2H3. The van der Waals surface area contributed by atoms with Crippen LogP contribution in [0.25, 0.3) is 0 Å². The van der Waals surface area contributed by atoms with Crippen LogP contribution in [0.3, 0.4) is 0 Å². The number of hydrogen-bond donors (Lipinski definition) is 0. The normalized spacial score (nSPS) is 10.1. The summed E-state index contributed by atoms with van der Waals surface area (Å²) in [7, 11) is 0. The molecule has 3 aromatic carbocycles. The van der Waals surface area contributed by atoms with Crippen LogP contribution < -0.4 is 0 Å². The molecule has 43 heavy (non-hydrogen) atoms. The molecular formula is C35H42O8. The van der Waals surface area contributed by atoms with E-state index in [1.165, 1.54) is 0 Å². The van der Waals surface area contributed by atoms with E-state index in [4.69, 9.17) is 18.9 Å². The largest absolute Gasteiger partial charge is 0.462 e. The van der Waals surface area contributed by atoms with Gasteiger partial charge in [-0.15, -0.1) is 0 Å². The molecule has 0 bridgehead atoms. The Morgan fingerprint density at radius 2 is 0.744 bits per heavy atom. The SMILES string of the molecule is CCCCOC(=O)c1ccccc1C(=O)OCCCC.CCCCOC(=O)c1ccccc1C(=O)OCc1ccccc1. The maximum Gasteiger partial charge on any atom is 0.339 e. The molecule has 8 nitrogen and oxygen atoms in total. The Balaban J connectivity index is 0.000000304. The van der Waals surface area contributed by atoms with Crippen molar-refractivity contribution < 1.29 is 38.1 Å². The number of esters is 4. The second-order valence-corrected chi connectivity index (χ2v) is 9.62. The second-order valence-electron chi connectivity index (χ2n) is 9.62. The zero-order chi connectivity index (χ0) is 31.3. The average molecular weight is 591 g/mol. The van der Waals surface area contributed by atoms with Crippen molar-refractivity contribution in [1.82, 2.24) is 0 Å². The Morgan fingerprint density at radius 3 is 1.07 bits per heavy atom. The summed E-state index contributed by atoms with van der Waals surface area (Å²) in [5, 5.41) is 0. The lowest BCUT2D eigenvalue weighted by Gasteiger charge is -2.09. The van der Waals surface area contributed by atoms with Crippen LogP contribution in [0.2, 0.25) is 0 Å². The molecular weight excluding hydrogens is 548 g/mol. The second kappa shape index (κ2) is 20.4. The van der Waals surface area contributed by atoms with E-state index in [1.54, 1.807) is 48.5 Å². The summed E-state index contributed by atoms with van der Waals surface area (Å²) in [5.41, 5.74) is 1.89. The molecule has 0 N–H and O–H groups in total. The summed E-state index contributed by atoms with van der Waals surface area (Å²) in [4.78, 5) is 48.2. The third kappa shape index (κ3) is 12.5. The van der Waals surface area contributed by atoms with E-state index in [9.17, 15) is 19.2 Å². The zero-order valence-electron chi connectivity index (χ0n) is 25.3. The topological polar surface area (TPSA) is 105 Å². The molecule has 0 aromatic heterocycles. The summed E-state index contributed by atoms with van der Waals surface area (Å²) < 4.78 is 20.7. The van der Waals surface area contributed by atoms with Crippen LogP contribution in [0.15, 0.2) is 78.9 Å². The molecule has 3 aromatic rings. The van der Waals surface area contributed by atoms with Gasteiger partial charge in [-0.3, -0.25) is 0 Å². The van der Waals surface area contributed by atoms with E-state index >= 15 is 0 Å². The van der Waals surface area contributed by atoms with Gasteiger partial charge in [-0.1, -0.05) is 94.6 Å². The lowest BCUT2D eigenvalue weighted by molar-refractivity contribution is 0.0437. The number of carbonyl (C=O) groups is 4. The van der Waals surface area contributed by atoms with Crippen molar-refractivity contribution in [1.29, 1.82) is 0 Å². The Hall–Kier alpha value is -4.46. The predicted octanol–water partition coefficient (Wildman–Crippen LogP) is 7.60. The first kappa shape index (κ1) is 34.7. The molecule has 0 aliphatic rings. The molecule has 3 rings (SSSR count). The van der Waals surface area contributed by atoms with Gasteiger partial charge in [0.1, 0.15) is 6.61 Å². The first-order valence-electron chi connectivity index (χ1n) is 14.8. The van der Waals surface area contributed by atoms with Gasteiger partial charge < -0.3 is 18.9 Å². The maximum absolute atomic E-state index is 12.2. The van der Waals surface area contributed by atoms with Gasteiger partial charge in [0.15, 0.2) is 0 Å². The quantitative estimate of drug-likeness (QED) is 0.101. The van der Waals surface area contributed by atoms with Crippen molar-refractivity contribution in [2.75, 3.05) is 19.8 Å². The molecule has 0 amide bonds. The van der Waals surface area contributed by atoms with E-state index in [0.717, 1.165) is 44.1 Å². The Morgan fingerprint density at radius 1 is 0.442 bits per heavy atom. The smallest absolute Gasteiger partial charge is 0.339 e. The number of ether oxygens (including phenoxy) is 4. The highest BCUT2D eigenvalue weighted by Gasteiger charge is 2.20. The molecule has 230 valence electrons. The summed E-state index contributed by atoms with van der Waals surface area (Å²) in [6, 6.07) is 22.5. The Labute approximate surface area is 254 Å². The van der Waals surface area contributed by atoms with Crippen LogP contribution >= 0.6 is 0 Å². The van der Waals surface area contributed by atoms with Crippen molar-refractivity contribution in [3.8, 4) is 0 Å². The third-order valence-electron chi connectivity index (χ3n) is 6.14. The van der Waals surface area contributed by atoms with Gasteiger partial charge in [-0.05, 0) is 49.1 Å². The highest BCUT2D eigenvalue weighted by atomic mass is 16.5. The predicted molar refractivity (Wildman–Crippen MR) is 164 cm³/mol.